The number of rotatable bonds is 7. The smallest absolute Gasteiger partial charge is 0.118 e. The van der Waals surface area contributed by atoms with E-state index in [1.54, 1.807) is 7.11 Å². The van der Waals surface area contributed by atoms with E-state index in [0.717, 1.165) is 32.0 Å². The van der Waals surface area contributed by atoms with Gasteiger partial charge in [-0.2, -0.15) is 0 Å². The van der Waals surface area contributed by atoms with Crippen molar-refractivity contribution in [2.24, 2.45) is 5.73 Å². The van der Waals surface area contributed by atoms with Gasteiger partial charge in [-0.1, -0.05) is 12.1 Å². The molecule has 1 aliphatic rings. The molecule has 0 radical (unpaired) electrons. The number of methoxy groups -OCH3 is 1. The molecule has 4 nitrogen and oxygen atoms in total. The Morgan fingerprint density at radius 1 is 1.41 bits per heavy atom. The van der Waals surface area contributed by atoms with Gasteiger partial charge in [-0.3, -0.25) is 4.90 Å². The van der Waals surface area contributed by atoms with Crippen LogP contribution in [0.2, 0.25) is 0 Å². The average molecular weight is 236 g/mol. The summed E-state index contributed by atoms with van der Waals surface area (Å²) in [6, 6.07) is 8.17. The van der Waals surface area contributed by atoms with Crippen molar-refractivity contribution in [1.29, 1.82) is 0 Å². The van der Waals surface area contributed by atoms with E-state index in [2.05, 4.69) is 17.0 Å². The van der Waals surface area contributed by atoms with Gasteiger partial charge in [0.15, 0.2) is 0 Å². The summed E-state index contributed by atoms with van der Waals surface area (Å²) in [5.74, 6) is 0.893. The largest absolute Gasteiger partial charge is 0.497 e. The number of ether oxygens (including phenoxy) is 2. The van der Waals surface area contributed by atoms with Crippen LogP contribution in [0.3, 0.4) is 0 Å². The second-order valence-corrected chi connectivity index (χ2v) is 4.33. The highest BCUT2D eigenvalue weighted by Gasteiger charge is 2.25. The molecular weight excluding hydrogens is 216 g/mol. The summed E-state index contributed by atoms with van der Waals surface area (Å²) in [5.41, 5.74) is 6.90. The number of nitrogens with zero attached hydrogens (tertiary/aromatic N) is 1. The van der Waals surface area contributed by atoms with Gasteiger partial charge in [0, 0.05) is 26.2 Å². The van der Waals surface area contributed by atoms with Crippen molar-refractivity contribution in [2.75, 3.05) is 33.4 Å². The zero-order valence-electron chi connectivity index (χ0n) is 10.3. The Hall–Kier alpha value is -1.10. The van der Waals surface area contributed by atoms with E-state index >= 15 is 0 Å². The van der Waals surface area contributed by atoms with Gasteiger partial charge in [-0.25, -0.2) is 0 Å². The molecule has 0 saturated carbocycles. The Kier molecular flexibility index (Phi) is 4.36. The van der Waals surface area contributed by atoms with Crippen molar-refractivity contribution in [3.63, 3.8) is 0 Å². The normalized spacial score (nSPS) is 18.4. The molecule has 94 valence electrons. The average Bonchev–Trinajstić information content (AvgIpc) is 3.14. The predicted octanol–water partition coefficient (Wildman–Crippen LogP) is 0.855. The summed E-state index contributed by atoms with van der Waals surface area (Å²) in [7, 11) is 1.68. The molecule has 0 aromatic heterocycles. The first-order valence-corrected chi connectivity index (χ1v) is 5.99. The first kappa shape index (κ1) is 12.4. The van der Waals surface area contributed by atoms with Crippen molar-refractivity contribution in [3.05, 3.63) is 29.8 Å². The molecule has 0 aliphatic carbocycles. The van der Waals surface area contributed by atoms with Crippen LogP contribution < -0.4 is 10.5 Å². The number of hydrogen-bond acceptors (Lipinski definition) is 4. The summed E-state index contributed by atoms with van der Waals surface area (Å²) >= 11 is 0. The molecule has 17 heavy (non-hydrogen) atoms. The lowest BCUT2D eigenvalue weighted by molar-refractivity contribution is 0.240. The number of hydrogen-bond donors (Lipinski definition) is 1. The Labute approximate surface area is 102 Å². The van der Waals surface area contributed by atoms with Gasteiger partial charge in [-0.15, -0.1) is 0 Å². The van der Waals surface area contributed by atoms with E-state index in [4.69, 9.17) is 15.2 Å². The summed E-state index contributed by atoms with van der Waals surface area (Å²) in [6.07, 6.45) is 0.416. The summed E-state index contributed by atoms with van der Waals surface area (Å²) in [6.45, 7) is 4.38. The molecular formula is C13H20N2O2. The van der Waals surface area contributed by atoms with Gasteiger partial charge in [0.2, 0.25) is 0 Å². The Morgan fingerprint density at radius 3 is 2.65 bits per heavy atom. The van der Waals surface area contributed by atoms with Gasteiger partial charge >= 0.3 is 0 Å². The highest BCUT2D eigenvalue weighted by atomic mass is 16.6. The van der Waals surface area contributed by atoms with Gasteiger partial charge in [0.25, 0.3) is 0 Å². The van der Waals surface area contributed by atoms with Crippen LogP contribution in [0.1, 0.15) is 5.56 Å². The van der Waals surface area contributed by atoms with E-state index < -0.39 is 0 Å². The van der Waals surface area contributed by atoms with E-state index in [9.17, 15) is 0 Å². The lowest BCUT2D eigenvalue weighted by atomic mass is 10.2. The summed E-state index contributed by atoms with van der Waals surface area (Å²) < 4.78 is 10.4. The molecule has 0 spiro atoms. The molecule has 1 heterocycles. The third-order valence-corrected chi connectivity index (χ3v) is 2.87. The number of epoxide rings is 1. The van der Waals surface area contributed by atoms with Gasteiger partial charge in [0.05, 0.1) is 19.8 Å². The standard InChI is InChI=1S/C13H20N2O2/c1-16-12-4-2-11(3-5-12)8-15(7-6-14)9-13-10-17-13/h2-5,13H,6-10,14H2,1H3. The fraction of sp³-hybridized carbons (Fsp3) is 0.538. The molecule has 0 amide bonds. The van der Waals surface area contributed by atoms with Crippen LogP contribution in [0.4, 0.5) is 0 Å². The molecule has 1 aliphatic heterocycles. The second kappa shape index (κ2) is 6.00. The van der Waals surface area contributed by atoms with Crippen molar-refractivity contribution in [3.8, 4) is 5.75 Å². The van der Waals surface area contributed by atoms with Crippen LogP contribution in [0.5, 0.6) is 5.75 Å². The minimum atomic E-state index is 0.416. The highest BCUT2D eigenvalue weighted by molar-refractivity contribution is 5.27. The molecule has 0 bridgehead atoms. The minimum Gasteiger partial charge on any atom is -0.497 e. The van der Waals surface area contributed by atoms with E-state index in [-0.39, 0.29) is 0 Å². The first-order chi connectivity index (χ1) is 8.31. The molecule has 1 aromatic rings. The topological polar surface area (TPSA) is 51.0 Å². The fourth-order valence-electron chi connectivity index (χ4n) is 1.87. The summed E-state index contributed by atoms with van der Waals surface area (Å²) in [5, 5.41) is 0. The molecule has 1 unspecified atom stereocenters. The molecule has 1 saturated heterocycles. The van der Waals surface area contributed by atoms with Gasteiger partial charge in [0.1, 0.15) is 5.75 Å². The van der Waals surface area contributed by atoms with Crippen LogP contribution in [0, 0.1) is 0 Å². The lowest BCUT2D eigenvalue weighted by Crippen LogP contribution is -2.32. The van der Waals surface area contributed by atoms with Gasteiger partial charge < -0.3 is 15.2 Å². The second-order valence-electron chi connectivity index (χ2n) is 4.33. The molecule has 2 rings (SSSR count). The third-order valence-electron chi connectivity index (χ3n) is 2.87. The molecule has 1 aromatic carbocycles. The zero-order chi connectivity index (χ0) is 12.1. The quantitative estimate of drug-likeness (QED) is 0.713. The maximum atomic E-state index is 5.62. The number of benzene rings is 1. The van der Waals surface area contributed by atoms with Crippen LogP contribution in [0.25, 0.3) is 0 Å². The van der Waals surface area contributed by atoms with Crippen LogP contribution in [-0.2, 0) is 11.3 Å². The maximum absolute atomic E-state index is 5.62. The minimum absolute atomic E-state index is 0.416. The van der Waals surface area contributed by atoms with E-state index in [0.29, 0.717) is 12.6 Å². The molecule has 1 atom stereocenters. The van der Waals surface area contributed by atoms with Crippen LogP contribution >= 0.6 is 0 Å². The van der Waals surface area contributed by atoms with Crippen LogP contribution in [-0.4, -0.2) is 44.4 Å². The SMILES string of the molecule is COc1ccc(CN(CCN)CC2CO2)cc1. The molecule has 4 heteroatoms. The third kappa shape index (κ3) is 4.00. The first-order valence-electron chi connectivity index (χ1n) is 5.99. The van der Waals surface area contributed by atoms with Gasteiger partial charge in [-0.05, 0) is 17.7 Å². The van der Waals surface area contributed by atoms with Crippen molar-refractivity contribution in [1.82, 2.24) is 4.90 Å². The fourth-order valence-corrected chi connectivity index (χ4v) is 1.87. The van der Waals surface area contributed by atoms with Crippen molar-refractivity contribution >= 4 is 0 Å². The monoisotopic (exact) mass is 236 g/mol. The Bertz CT molecular complexity index is 336. The van der Waals surface area contributed by atoms with E-state index in [1.807, 2.05) is 12.1 Å². The van der Waals surface area contributed by atoms with E-state index in [1.165, 1.54) is 5.56 Å². The predicted molar refractivity (Wildman–Crippen MR) is 67.1 cm³/mol. The molecule has 1 fully saturated rings. The lowest BCUT2D eigenvalue weighted by Gasteiger charge is -2.20. The van der Waals surface area contributed by atoms with Crippen LogP contribution in [0.15, 0.2) is 24.3 Å². The summed E-state index contributed by atoms with van der Waals surface area (Å²) in [4.78, 5) is 2.33. The zero-order valence-corrected chi connectivity index (χ0v) is 10.3. The Balaban J connectivity index is 1.90. The number of nitrogens with two attached hydrogens (primary N) is 1. The highest BCUT2D eigenvalue weighted by Crippen LogP contribution is 2.15. The Morgan fingerprint density at radius 2 is 2.12 bits per heavy atom. The van der Waals surface area contributed by atoms with Crippen molar-refractivity contribution in [2.45, 2.75) is 12.6 Å². The van der Waals surface area contributed by atoms with Crippen molar-refractivity contribution < 1.29 is 9.47 Å². The molecule has 2 N–H and O–H groups in total. The maximum Gasteiger partial charge on any atom is 0.118 e.